The van der Waals surface area contributed by atoms with E-state index in [9.17, 15) is 19.2 Å². The molecule has 16 heteroatoms. The summed E-state index contributed by atoms with van der Waals surface area (Å²) in [6, 6.07) is 0. The Balaban J connectivity index is -0.00000533. The molecule has 0 aliphatic heterocycles. The fraction of sp³-hybridized carbons (Fsp3) is 0.942. The van der Waals surface area contributed by atoms with E-state index in [4.69, 9.17) is 18.9 Å². The molecule has 0 amide bonds. The van der Waals surface area contributed by atoms with Crippen molar-refractivity contribution in [3.05, 3.63) is 0 Å². The Morgan fingerprint density at radius 3 is 0.506 bits per heavy atom. The van der Waals surface area contributed by atoms with E-state index in [1.165, 1.54) is 205 Å². The van der Waals surface area contributed by atoms with Crippen LogP contribution in [0.3, 0.4) is 0 Å². The number of likely N-dealkylation sites (N-methyl/N-ethyl adjacent to an activating group) is 4. The Kier molecular flexibility index (Phi) is 65.8. The molecule has 0 aromatic rings. The van der Waals surface area contributed by atoms with E-state index in [0.717, 1.165) is 77.5 Å². The van der Waals surface area contributed by atoms with Crippen molar-refractivity contribution in [2.45, 2.75) is 285 Å². The highest BCUT2D eigenvalue weighted by atomic mass is 79.9. The van der Waals surface area contributed by atoms with E-state index in [1.54, 1.807) is 0 Å². The lowest BCUT2D eigenvalue weighted by atomic mass is 9.92. The topological polar surface area (TPSA) is 105 Å². The summed E-state index contributed by atoms with van der Waals surface area (Å²) in [7, 11) is 16.5. The molecule has 0 heterocycles. The normalized spacial score (nSPS) is 11.9. The van der Waals surface area contributed by atoms with E-state index in [1.807, 2.05) is 0 Å². The third-order valence-electron chi connectivity index (χ3n) is 16.9. The standard InChI is InChI=1S/C69H140N4O8.4BrH/c1-13-17-21-25-29-33-37-41-45-49-53-70(5,6)57-65(74)78-61-69(62-79-66(75)58-71(7,8)54-50-46-42-38-34-30-26-22-18-14-2,63-80-67(76)59-72(9,10)55-51-47-43-39-35-31-27-23-19-15-3)64-81-68(77)60-73(11,12)56-52-48-44-40-36-32-28-24-20-16-4;;;;/h13-64H2,1-12H3;4*1H/q+4;;;;/p-4. The monoisotopic (exact) mass is 1470 g/mol. The molecule has 0 spiro atoms. The van der Waals surface area contributed by atoms with Crippen LogP contribution >= 0.6 is 0 Å². The highest BCUT2D eigenvalue weighted by Crippen LogP contribution is 2.24. The lowest BCUT2D eigenvalue weighted by molar-refractivity contribution is -0.883. The van der Waals surface area contributed by atoms with Gasteiger partial charge < -0.3 is 105 Å². The maximum absolute atomic E-state index is 13.9. The zero-order valence-corrected chi connectivity index (χ0v) is 64.2. The van der Waals surface area contributed by atoms with Crippen molar-refractivity contribution >= 4 is 23.9 Å². The van der Waals surface area contributed by atoms with Gasteiger partial charge in [-0.3, -0.25) is 0 Å². The molecule has 0 aromatic carbocycles. The van der Waals surface area contributed by atoms with Crippen molar-refractivity contribution in [3.8, 4) is 0 Å². The summed E-state index contributed by atoms with van der Waals surface area (Å²) < 4.78 is 26.5. The largest absolute Gasteiger partial charge is 1.00 e. The van der Waals surface area contributed by atoms with Crippen molar-refractivity contribution in [2.24, 2.45) is 5.41 Å². The van der Waals surface area contributed by atoms with Gasteiger partial charge in [-0.1, -0.05) is 233 Å². The highest BCUT2D eigenvalue weighted by Gasteiger charge is 2.40. The first-order chi connectivity index (χ1) is 38.6. The summed E-state index contributed by atoms with van der Waals surface area (Å²) in [6.07, 6.45) is 50.0. The van der Waals surface area contributed by atoms with Crippen LogP contribution in [0, 0.1) is 5.41 Å². The number of hydrogen-bond donors (Lipinski definition) is 0. The molecule has 0 rings (SSSR count). The van der Waals surface area contributed by atoms with Crippen LogP contribution in [0.5, 0.6) is 0 Å². The van der Waals surface area contributed by atoms with Gasteiger partial charge in [-0.15, -0.1) is 0 Å². The molecule has 0 aromatic heterocycles. The number of nitrogens with zero attached hydrogens (tertiary/aromatic N) is 4. The van der Waals surface area contributed by atoms with Gasteiger partial charge in [0, 0.05) is 0 Å². The van der Waals surface area contributed by atoms with Crippen molar-refractivity contribution in [1.82, 2.24) is 0 Å². The predicted octanol–water partition coefficient (Wildman–Crippen LogP) is 4.15. The van der Waals surface area contributed by atoms with Gasteiger partial charge in [0.25, 0.3) is 0 Å². The minimum atomic E-state index is -1.32. The number of esters is 4. The minimum Gasteiger partial charge on any atom is -1.00 e. The molecule has 0 fully saturated rings. The molecule has 512 valence electrons. The smallest absolute Gasteiger partial charge is 0.361 e. The molecule has 0 aliphatic rings. The molecule has 0 saturated heterocycles. The molecular formula is C69H140Br4N4O8. The number of unbranched alkanes of at least 4 members (excludes halogenated alkanes) is 36. The summed E-state index contributed by atoms with van der Waals surface area (Å²) >= 11 is 0. The number of hydrogen-bond acceptors (Lipinski definition) is 8. The molecule has 0 unspecified atom stereocenters. The third-order valence-corrected chi connectivity index (χ3v) is 16.9. The van der Waals surface area contributed by atoms with Gasteiger partial charge in [-0.25, -0.2) is 19.2 Å². The van der Waals surface area contributed by atoms with Crippen LogP contribution in [0.4, 0.5) is 0 Å². The van der Waals surface area contributed by atoms with E-state index >= 15 is 0 Å². The first-order valence-corrected chi connectivity index (χ1v) is 34.6. The Hall–Kier alpha value is -0.360. The quantitative estimate of drug-likeness (QED) is 0.0388. The fourth-order valence-corrected chi connectivity index (χ4v) is 11.2. The predicted molar refractivity (Wildman–Crippen MR) is 341 cm³/mol. The van der Waals surface area contributed by atoms with Crippen LogP contribution in [-0.2, 0) is 38.1 Å². The summed E-state index contributed by atoms with van der Waals surface area (Å²) in [6.45, 7) is 12.1. The van der Waals surface area contributed by atoms with Gasteiger partial charge in [0.1, 0.15) is 31.8 Å². The van der Waals surface area contributed by atoms with Crippen molar-refractivity contribution in [1.29, 1.82) is 0 Å². The lowest BCUT2D eigenvalue weighted by Crippen LogP contribution is -3.00. The minimum absolute atomic E-state index is 0. The maximum Gasteiger partial charge on any atom is 0.361 e. The van der Waals surface area contributed by atoms with Gasteiger partial charge in [0.15, 0.2) is 26.2 Å². The van der Waals surface area contributed by atoms with E-state index in [0.29, 0.717) is 17.9 Å². The number of ether oxygens (including phenoxy) is 4. The summed E-state index contributed by atoms with van der Waals surface area (Å²) in [4.78, 5) is 55.6. The first kappa shape index (κ1) is 93.4. The highest BCUT2D eigenvalue weighted by molar-refractivity contribution is 5.72. The number of quaternary nitrogens is 4. The SMILES string of the molecule is CCCCCCCCCCCC[N+](C)(C)CC(=O)OCC(COC(=O)C[N+](C)(C)CCCCCCCCCCCC)(COC(=O)C[N+](C)(C)CCCCCCCCCCCC)COC(=O)C[N+](C)(C)CCCCCCCCCCCC.[Br-].[Br-].[Br-].[Br-]. The average molecular weight is 1470 g/mol. The number of carbonyl (C=O) groups excluding carboxylic acids is 4. The molecule has 85 heavy (non-hydrogen) atoms. The Bertz CT molecular complexity index is 1320. The van der Waals surface area contributed by atoms with Crippen molar-refractivity contribution in [2.75, 3.05) is 135 Å². The Morgan fingerprint density at radius 1 is 0.235 bits per heavy atom. The second kappa shape index (κ2) is 59.9. The van der Waals surface area contributed by atoms with Gasteiger partial charge >= 0.3 is 23.9 Å². The van der Waals surface area contributed by atoms with Crippen LogP contribution in [0.1, 0.15) is 285 Å². The molecule has 0 N–H and O–H groups in total. The maximum atomic E-state index is 13.9. The zero-order valence-electron chi connectivity index (χ0n) is 57.8. The van der Waals surface area contributed by atoms with Gasteiger partial charge in [0.2, 0.25) is 0 Å². The summed E-state index contributed by atoms with van der Waals surface area (Å²) in [5.74, 6) is -1.56. The van der Waals surface area contributed by atoms with Crippen LogP contribution in [0.2, 0.25) is 0 Å². The van der Waals surface area contributed by atoms with Gasteiger partial charge in [-0.2, -0.15) is 0 Å². The van der Waals surface area contributed by atoms with Gasteiger partial charge in [0.05, 0.1) is 82.6 Å². The van der Waals surface area contributed by atoms with E-state index in [2.05, 4.69) is 84.1 Å². The van der Waals surface area contributed by atoms with Crippen LogP contribution < -0.4 is 67.9 Å². The van der Waals surface area contributed by atoms with Crippen LogP contribution in [-0.4, -0.2) is 177 Å². The summed E-state index contributed by atoms with van der Waals surface area (Å²) in [5, 5.41) is 0. The molecule has 12 nitrogen and oxygen atoms in total. The molecule has 0 bridgehead atoms. The van der Waals surface area contributed by atoms with E-state index in [-0.39, 0.29) is 121 Å². The number of rotatable bonds is 60. The molecule has 0 radical (unpaired) electrons. The second-order valence-corrected chi connectivity index (χ2v) is 28.1. The first-order valence-electron chi connectivity index (χ1n) is 34.6. The lowest BCUT2D eigenvalue weighted by Gasteiger charge is -2.35. The van der Waals surface area contributed by atoms with Crippen molar-refractivity contribution < 1.29 is 124 Å². The molecule has 0 aliphatic carbocycles. The molecule has 0 saturated carbocycles. The fourth-order valence-electron chi connectivity index (χ4n) is 11.2. The summed E-state index contributed by atoms with van der Waals surface area (Å²) in [5.41, 5.74) is -1.32. The van der Waals surface area contributed by atoms with Crippen molar-refractivity contribution in [3.63, 3.8) is 0 Å². The van der Waals surface area contributed by atoms with E-state index < -0.39 is 29.3 Å². The Labute approximate surface area is 569 Å². The number of carbonyl (C=O) groups is 4. The third kappa shape index (κ3) is 60.9. The average Bonchev–Trinajstić information content (AvgIpc) is 3.43. The molecule has 0 atom stereocenters. The zero-order chi connectivity index (χ0) is 60.4. The number of halogens is 4. The Morgan fingerprint density at radius 2 is 0.365 bits per heavy atom. The van der Waals surface area contributed by atoms with Crippen LogP contribution in [0.15, 0.2) is 0 Å². The molecular weight excluding hydrogens is 1330 g/mol. The van der Waals surface area contributed by atoms with Gasteiger partial charge in [-0.05, 0) is 51.4 Å². The van der Waals surface area contributed by atoms with Crippen LogP contribution in [0.25, 0.3) is 0 Å². The second-order valence-electron chi connectivity index (χ2n) is 28.1.